The molecule has 1 heterocycles. The number of amides is 2. The Morgan fingerprint density at radius 1 is 1.30 bits per heavy atom. The van der Waals surface area contributed by atoms with Crippen molar-refractivity contribution in [3.8, 4) is 0 Å². The van der Waals surface area contributed by atoms with Crippen molar-refractivity contribution in [2.24, 2.45) is 5.92 Å². The van der Waals surface area contributed by atoms with E-state index in [-0.39, 0.29) is 22.6 Å². The van der Waals surface area contributed by atoms with Crippen LogP contribution >= 0.6 is 15.9 Å². The molecule has 1 fully saturated rings. The van der Waals surface area contributed by atoms with Gasteiger partial charge in [0.15, 0.2) is 0 Å². The number of likely N-dealkylation sites (tertiary alicyclic amines) is 1. The van der Waals surface area contributed by atoms with Gasteiger partial charge in [-0.05, 0) is 60.4 Å². The van der Waals surface area contributed by atoms with Gasteiger partial charge in [0.05, 0.1) is 4.47 Å². The van der Waals surface area contributed by atoms with Gasteiger partial charge in [-0.1, -0.05) is 6.42 Å². The van der Waals surface area contributed by atoms with Crippen LogP contribution in [0.25, 0.3) is 0 Å². The summed E-state index contributed by atoms with van der Waals surface area (Å²) in [5.74, 6) is -0.677. The fourth-order valence-electron chi connectivity index (χ4n) is 2.78. The number of rotatable bonds is 4. The largest absolute Gasteiger partial charge is 0.338 e. The maximum absolute atomic E-state index is 13.7. The van der Waals surface area contributed by atoms with Crippen molar-refractivity contribution in [1.29, 1.82) is 0 Å². The molecule has 1 aliphatic heterocycles. The first-order chi connectivity index (χ1) is 11.0. The molecule has 0 spiro atoms. The number of urea groups is 1. The molecule has 7 heteroatoms. The van der Waals surface area contributed by atoms with Crippen molar-refractivity contribution < 1.29 is 13.6 Å². The number of carbonyl (C=O) groups excluding carboxylic acids is 1. The lowest BCUT2D eigenvalue weighted by Gasteiger charge is -2.20. The number of benzene rings is 1. The van der Waals surface area contributed by atoms with Crippen LogP contribution in [-0.4, -0.2) is 37.6 Å². The number of carbonyl (C=O) groups is 1. The predicted octanol–water partition coefficient (Wildman–Crippen LogP) is 3.26. The van der Waals surface area contributed by atoms with Gasteiger partial charge < -0.3 is 15.5 Å². The molecule has 0 aromatic heterocycles. The van der Waals surface area contributed by atoms with Gasteiger partial charge in [-0.25, -0.2) is 13.6 Å². The zero-order chi connectivity index (χ0) is 16.8. The molecule has 0 radical (unpaired) electrons. The minimum Gasteiger partial charge on any atom is -0.338 e. The van der Waals surface area contributed by atoms with Crippen LogP contribution in [-0.2, 0) is 6.54 Å². The minimum atomic E-state index is -0.552. The van der Waals surface area contributed by atoms with Crippen LogP contribution in [0, 0.1) is 17.6 Å². The quantitative estimate of drug-likeness (QED) is 0.776. The highest BCUT2D eigenvalue weighted by atomic mass is 79.9. The van der Waals surface area contributed by atoms with E-state index >= 15 is 0 Å². The number of hydrogen-bond donors (Lipinski definition) is 2. The lowest BCUT2D eigenvalue weighted by Crippen LogP contribution is -2.40. The highest BCUT2D eigenvalue weighted by Crippen LogP contribution is 2.19. The molecule has 1 aromatic carbocycles. The summed E-state index contributed by atoms with van der Waals surface area (Å²) in [7, 11) is 2.09. The van der Waals surface area contributed by atoms with Crippen LogP contribution in [0.1, 0.15) is 24.8 Å². The number of hydrogen-bond acceptors (Lipinski definition) is 2. The lowest BCUT2D eigenvalue weighted by atomic mass is 10.0. The van der Waals surface area contributed by atoms with Crippen LogP contribution in [0.15, 0.2) is 16.6 Å². The number of nitrogens with one attached hydrogen (secondary N) is 2. The summed E-state index contributed by atoms with van der Waals surface area (Å²) in [5, 5.41) is 5.38. The standard InChI is InChI=1S/C16H22BrF2N3O/c1-22-5-3-2-4-11(10-22)8-20-16(23)21-9-12-6-15(19)13(17)7-14(12)18/h6-7,11H,2-5,8-10H2,1H3,(H2,20,21,23). The summed E-state index contributed by atoms with van der Waals surface area (Å²) in [6.07, 6.45) is 3.45. The van der Waals surface area contributed by atoms with Crippen molar-refractivity contribution in [3.05, 3.63) is 33.8 Å². The SMILES string of the molecule is CN1CCCCC(CNC(=O)NCc2cc(F)c(Br)cc2F)C1. The first kappa shape index (κ1) is 18.1. The molecule has 1 atom stereocenters. The van der Waals surface area contributed by atoms with Gasteiger partial charge in [0.25, 0.3) is 0 Å². The summed E-state index contributed by atoms with van der Waals surface area (Å²) in [6, 6.07) is 1.78. The van der Waals surface area contributed by atoms with Gasteiger partial charge in [0.1, 0.15) is 11.6 Å². The van der Waals surface area contributed by atoms with Gasteiger partial charge >= 0.3 is 6.03 Å². The molecular formula is C16H22BrF2N3O. The molecule has 1 aliphatic rings. The zero-order valence-electron chi connectivity index (χ0n) is 13.2. The molecule has 1 saturated heterocycles. The van der Waals surface area contributed by atoms with E-state index in [2.05, 4.69) is 38.5 Å². The first-order valence-electron chi connectivity index (χ1n) is 7.79. The van der Waals surface area contributed by atoms with Gasteiger partial charge in [-0.2, -0.15) is 0 Å². The van der Waals surface area contributed by atoms with Crippen LogP contribution < -0.4 is 10.6 Å². The smallest absolute Gasteiger partial charge is 0.315 e. The molecule has 0 bridgehead atoms. The van der Waals surface area contributed by atoms with E-state index < -0.39 is 11.6 Å². The highest BCUT2D eigenvalue weighted by Gasteiger charge is 2.16. The number of halogens is 3. The minimum absolute atomic E-state index is 0.0492. The molecule has 2 amide bonds. The molecule has 0 aliphatic carbocycles. The molecule has 2 N–H and O–H groups in total. The van der Waals surface area contributed by atoms with E-state index in [1.807, 2.05) is 0 Å². The Balaban J connectivity index is 1.78. The van der Waals surface area contributed by atoms with E-state index in [4.69, 9.17) is 0 Å². The Hall–Kier alpha value is -1.21. The molecule has 23 heavy (non-hydrogen) atoms. The second kappa shape index (κ2) is 8.59. The number of nitrogens with zero attached hydrogens (tertiary/aromatic N) is 1. The molecule has 128 valence electrons. The molecule has 1 unspecified atom stereocenters. The molecular weight excluding hydrogens is 368 g/mol. The van der Waals surface area contributed by atoms with Crippen molar-refractivity contribution in [1.82, 2.24) is 15.5 Å². The van der Waals surface area contributed by atoms with Gasteiger partial charge in [-0.15, -0.1) is 0 Å². The topological polar surface area (TPSA) is 44.4 Å². The van der Waals surface area contributed by atoms with E-state index in [9.17, 15) is 13.6 Å². The Kier molecular flexibility index (Phi) is 6.77. The van der Waals surface area contributed by atoms with Crippen molar-refractivity contribution in [2.75, 3.05) is 26.7 Å². The fraction of sp³-hybridized carbons (Fsp3) is 0.562. The van der Waals surface area contributed by atoms with E-state index in [0.717, 1.165) is 31.6 Å². The monoisotopic (exact) mass is 389 g/mol. The zero-order valence-corrected chi connectivity index (χ0v) is 14.8. The summed E-state index contributed by atoms with van der Waals surface area (Å²) < 4.78 is 27.1. The van der Waals surface area contributed by atoms with Crippen molar-refractivity contribution >= 4 is 22.0 Å². The third kappa shape index (κ3) is 5.73. The molecule has 1 aromatic rings. The van der Waals surface area contributed by atoms with E-state index in [1.54, 1.807) is 0 Å². The lowest BCUT2D eigenvalue weighted by molar-refractivity contribution is 0.234. The second-order valence-electron chi connectivity index (χ2n) is 6.05. The highest BCUT2D eigenvalue weighted by molar-refractivity contribution is 9.10. The summed E-state index contributed by atoms with van der Waals surface area (Å²) >= 11 is 2.92. The van der Waals surface area contributed by atoms with Crippen molar-refractivity contribution in [2.45, 2.75) is 25.8 Å². The molecule has 0 saturated carbocycles. The Bertz CT molecular complexity index is 556. The molecule has 2 rings (SSSR count). The Morgan fingerprint density at radius 2 is 2.09 bits per heavy atom. The van der Waals surface area contributed by atoms with Gasteiger partial charge in [0.2, 0.25) is 0 Å². The van der Waals surface area contributed by atoms with Gasteiger partial charge in [-0.3, -0.25) is 0 Å². The average molecular weight is 390 g/mol. The average Bonchev–Trinajstić information content (AvgIpc) is 2.71. The Labute approximate surface area is 143 Å². The van der Waals surface area contributed by atoms with Crippen LogP contribution in [0.5, 0.6) is 0 Å². The summed E-state index contributed by atoms with van der Waals surface area (Å²) in [6.45, 7) is 2.60. The van der Waals surface area contributed by atoms with Crippen LogP contribution in [0.3, 0.4) is 0 Å². The Morgan fingerprint density at radius 3 is 2.87 bits per heavy atom. The van der Waals surface area contributed by atoms with Crippen molar-refractivity contribution in [3.63, 3.8) is 0 Å². The fourth-order valence-corrected chi connectivity index (χ4v) is 3.09. The third-order valence-electron chi connectivity index (χ3n) is 4.05. The normalized spacial score (nSPS) is 19.2. The van der Waals surface area contributed by atoms with E-state index in [0.29, 0.717) is 12.5 Å². The maximum atomic E-state index is 13.7. The summed E-state index contributed by atoms with van der Waals surface area (Å²) in [4.78, 5) is 14.1. The maximum Gasteiger partial charge on any atom is 0.315 e. The third-order valence-corrected chi connectivity index (χ3v) is 4.66. The van der Waals surface area contributed by atoms with Crippen LogP contribution in [0.2, 0.25) is 0 Å². The second-order valence-corrected chi connectivity index (χ2v) is 6.90. The summed E-state index contributed by atoms with van der Waals surface area (Å²) in [5.41, 5.74) is 0.120. The molecule has 4 nitrogen and oxygen atoms in total. The predicted molar refractivity (Wildman–Crippen MR) is 89.1 cm³/mol. The van der Waals surface area contributed by atoms with E-state index in [1.165, 1.54) is 12.8 Å². The first-order valence-corrected chi connectivity index (χ1v) is 8.58. The van der Waals surface area contributed by atoms with Gasteiger partial charge in [0, 0.05) is 25.2 Å². The van der Waals surface area contributed by atoms with Crippen LogP contribution in [0.4, 0.5) is 13.6 Å².